The molecule has 0 N–H and O–H groups in total. The van der Waals surface area contributed by atoms with Crippen molar-refractivity contribution < 1.29 is 9.47 Å². The van der Waals surface area contributed by atoms with E-state index in [9.17, 15) is 0 Å². The zero-order chi connectivity index (χ0) is 7.52. The minimum atomic E-state index is 0.854. The third-order valence-corrected chi connectivity index (χ3v) is 2.17. The Morgan fingerprint density at radius 2 is 1.91 bits per heavy atom. The van der Waals surface area contributed by atoms with E-state index in [1.807, 2.05) is 0 Å². The largest absolute Gasteiger partial charge is 0.379 e. The third kappa shape index (κ3) is 1.72. The maximum atomic E-state index is 5.48. The molecule has 1 radical (unpaired) electrons. The van der Waals surface area contributed by atoms with Crippen LogP contribution in [0.1, 0.15) is 12.8 Å². The zero-order valence-electron chi connectivity index (χ0n) is 6.71. The zero-order valence-corrected chi connectivity index (χ0v) is 6.71. The highest BCUT2D eigenvalue weighted by molar-refractivity contribution is 4.84. The molecule has 63 valence electrons. The van der Waals surface area contributed by atoms with Crippen molar-refractivity contribution in [2.45, 2.75) is 12.8 Å². The average Bonchev–Trinajstić information content (AvgIpc) is 2.58. The lowest BCUT2D eigenvalue weighted by atomic mass is 10.3. The molecule has 0 unspecified atom stereocenters. The molecule has 0 aromatic heterocycles. The van der Waals surface area contributed by atoms with Crippen LogP contribution in [0.25, 0.3) is 0 Å². The molecule has 0 atom stereocenters. The summed E-state index contributed by atoms with van der Waals surface area (Å²) >= 11 is 0. The SMILES string of the molecule is C1CO[C](N2CCOCC2)C1. The van der Waals surface area contributed by atoms with Crippen LogP contribution in [0.5, 0.6) is 0 Å². The summed E-state index contributed by atoms with van der Waals surface area (Å²) in [7, 11) is 0. The van der Waals surface area contributed by atoms with Crippen molar-refractivity contribution in [3.05, 3.63) is 6.23 Å². The number of morpholine rings is 1. The summed E-state index contributed by atoms with van der Waals surface area (Å²) in [5, 5.41) is 0. The highest BCUT2D eigenvalue weighted by Gasteiger charge is 2.25. The smallest absolute Gasteiger partial charge is 0.164 e. The fraction of sp³-hybridized carbons (Fsp3) is 0.875. The van der Waals surface area contributed by atoms with Crippen LogP contribution in [0.3, 0.4) is 0 Å². The van der Waals surface area contributed by atoms with Gasteiger partial charge >= 0.3 is 0 Å². The Balaban J connectivity index is 1.82. The second-order valence-corrected chi connectivity index (χ2v) is 2.95. The summed E-state index contributed by atoms with van der Waals surface area (Å²) in [6, 6.07) is 0. The molecule has 0 aliphatic carbocycles. The van der Waals surface area contributed by atoms with Crippen LogP contribution in [0.2, 0.25) is 0 Å². The van der Waals surface area contributed by atoms with Gasteiger partial charge < -0.3 is 9.47 Å². The van der Waals surface area contributed by atoms with Crippen molar-refractivity contribution in [1.82, 2.24) is 4.90 Å². The van der Waals surface area contributed by atoms with Crippen molar-refractivity contribution in [1.29, 1.82) is 0 Å². The van der Waals surface area contributed by atoms with E-state index in [1.54, 1.807) is 0 Å². The molecule has 2 aliphatic heterocycles. The van der Waals surface area contributed by atoms with E-state index in [0.29, 0.717) is 0 Å². The Morgan fingerprint density at radius 1 is 1.09 bits per heavy atom. The van der Waals surface area contributed by atoms with Crippen molar-refractivity contribution in [2.24, 2.45) is 0 Å². The molecule has 0 spiro atoms. The minimum Gasteiger partial charge on any atom is -0.379 e. The van der Waals surface area contributed by atoms with Crippen LogP contribution in [-0.4, -0.2) is 37.8 Å². The number of ether oxygens (including phenoxy) is 2. The second-order valence-electron chi connectivity index (χ2n) is 2.95. The molecular weight excluding hydrogens is 142 g/mol. The molecule has 2 heterocycles. The van der Waals surface area contributed by atoms with Gasteiger partial charge in [0.25, 0.3) is 0 Å². The van der Waals surface area contributed by atoms with Gasteiger partial charge in [0.15, 0.2) is 6.23 Å². The maximum absolute atomic E-state index is 5.48. The molecule has 0 aromatic rings. The Morgan fingerprint density at radius 3 is 2.55 bits per heavy atom. The van der Waals surface area contributed by atoms with E-state index >= 15 is 0 Å². The van der Waals surface area contributed by atoms with Gasteiger partial charge in [0.05, 0.1) is 13.2 Å². The molecule has 0 aromatic carbocycles. The van der Waals surface area contributed by atoms with Crippen molar-refractivity contribution in [2.75, 3.05) is 32.9 Å². The second kappa shape index (κ2) is 3.52. The molecule has 0 bridgehead atoms. The van der Waals surface area contributed by atoms with E-state index in [2.05, 4.69) is 4.90 Å². The van der Waals surface area contributed by atoms with Gasteiger partial charge in [-0.05, 0) is 12.8 Å². The molecule has 2 saturated heterocycles. The summed E-state index contributed by atoms with van der Waals surface area (Å²) in [6.45, 7) is 4.64. The van der Waals surface area contributed by atoms with Crippen molar-refractivity contribution >= 4 is 0 Å². The standard InChI is InChI=1S/C8H14NO2/c1-2-8(11-5-1)9-3-6-10-7-4-9/h1-7H2. The molecule has 0 amide bonds. The quantitative estimate of drug-likeness (QED) is 0.555. The van der Waals surface area contributed by atoms with Crippen LogP contribution in [0, 0.1) is 6.23 Å². The Labute approximate surface area is 67.3 Å². The monoisotopic (exact) mass is 156 g/mol. The van der Waals surface area contributed by atoms with Gasteiger partial charge in [0.1, 0.15) is 0 Å². The van der Waals surface area contributed by atoms with Gasteiger partial charge in [-0.1, -0.05) is 0 Å². The van der Waals surface area contributed by atoms with Crippen molar-refractivity contribution in [3.63, 3.8) is 0 Å². The molecule has 3 nitrogen and oxygen atoms in total. The van der Waals surface area contributed by atoms with Gasteiger partial charge in [-0.3, -0.25) is 4.90 Å². The first-order valence-corrected chi connectivity index (χ1v) is 4.28. The van der Waals surface area contributed by atoms with Gasteiger partial charge in [0.2, 0.25) is 0 Å². The lowest BCUT2D eigenvalue weighted by Gasteiger charge is -2.29. The number of rotatable bonds is 1. The van der Waals surface area contributed by atoms with Crippen LogP contribution < -0.4 is 0 Å². The lowest BCUT2D eigenvalue weighted by Crippen LogP contribution is -2.38. The van der Waals surface area contributed by atoms with E-state index < -0.39 is 0 Å². The maximum Gasteiger partial charge on any atom is 0.164 e. The van der Waals surface area contributed by atoms with Gasteiger partial charge in [-0.15, -0.1) is 0 Å². The van der Waals surface area contributed by atoms with Gasteiger partial charge in [-0.25, -0.2) is 0 Å². The molecular formula is C8H14NO2. The predicted octanol–water partition coefficient (Wildman–Crippen LogP) is 0.618. The van der Waals surface area contributed by atoms with Gasteiger partial charge in [-0.2, -0.15) is 0 Å². The number of hydrogen-bond donors (Lipinski definition) is 0. The molecule has 2 fully saturated rings. The molecule has 2 aliphatic rings. The Kier molecular flexibility index (Phi) is 2.41. The van der Waals surface area contributed by atoms with Crippen LogP contribution in [0.4, 0.5) is 0 Å². The van der Waals surface area contributed by atoms with Crippen LogP contribution in [-0.2, 0) is 9.47 Å². The van der Waals surface area contributed by atoms with Gasteiger partial charge in [0, 0.05) is 19.7 Å². The fourth-order valence-corrected chi connectivity index (χ4v) is 1.55. The van der Waals surface area contributed by atoms with Crippen molar-refractivity contribution in [3.8, 4) is 0 Å². The summed E-state index contributed by atoms with van der Waals surface area (Å²) in [4.78, 5) is 2.30. The van der Waals surface area contributed by atoms with Crippen LogP contribution in [0.15, 0.2) is 0 Å². The summed E-state index contributed by atoms with van der Waals surface area (Å²) in [6.07, 6.45) is 3.50. The highest BCUT2D eigenvalue weighted by atomic mass is 16.5. The average molecular weight is 156 g/mol. The van der Waals surface area contributed by atoms with E-state index in [4.69, 9.17) is 9.47 Å². The first-order chi connectivity index (χ1) is 5.47. The lowest BCUT2D eigenvalue weighted by molar-refractivity contribution is -0.00983. The molecule has 2 rings (SSSR count). The highest BCUT2D eigenvalue weighted by Crippen LogP contribution is 2.24. The summed E-state index contributed by atoms with van der Waals surface area (Å²) < 4.78 is 10.7. The van der Waals surface area contributed by atoms with E-state index in [-0.39, 0.29) is 0 Å². The topological polar surface area (TPSA) is 21.7 Å². The Bertz CT molecular complexity index is 117. The third-order valence-electron chi connectivity index (χ3n) is 2.17. The van der Waals surface area contributed by atoms with E-state index in [0.717, 1.165) is 39.3 Å². The summed E-state index contributed by atoms with van der Waals surface area (Å²) in [5.41, 5.74) is 0. The molecule has 0 saturated carbocycles. The molecule has 3 heteroatoms. The summed E-state index contributed by atoms with van der Waals surface area (Å²) in [5.74, 6) is 0. The Hall–Kier alpha value is -0.120. The van der Waals surface area contributed by atoms with E-state index in [1.165, 1.54) is 12.6 Å². The molecule has 11 heavy (non-hydrogen) atoms. The fourth-order valence-electron chi connectivity index (χ4n) is 1.55. The number of nitrogens with zero attached hydrogens (tertiary/aromatic N) is 1. The first-order valence-electron chi connectivity index (χ1n) is 4.28. The minimum absolute atomic E-state index is 0.854. The number of hydrogen-bond acceptors (Lipinski definition) is 3. The first kappa shape index (κ1) is 7.53. The van der Waals surface area contributed by atoms with Crippen LogP contribution >= 0.6 is 0 Å². The normalized spacial score (nSPS) is 29.5. The predicted molar refractivity (Wildman–Crippen MR) is 40.8 cm³/mol.